The predicted octanol–water partition coefficient (Wildman–Crippen LogP) is 2.28. The summed E-state index contributed by atoms with van der Waals surface area (Å²) in [6, 6.07) is 7.71. The van der Waals surface area contributed by atoms with Crippen molar-refractivity contribution in [2.24, 2.45) is 0 Å². The van der Waals surface area contributed by atoms with Gasteiger partial charge in [-0.15, -0.1) is 0 Å². The van der Waals surface area contributed by atoms with Gasteiger partial charge in [0.25, 0.3) is 5.78 Å². The smallest absolute Gasteiger partial charge is 0.341 e. The summed E-state index contributed by atoms with van der Waals surface area (Å²) in [5.41, 5.74) is 1.79. The molecule has 11 nitrogen and oxygen atoms in total. The molecule has 1 atom stereocenters. The highest BCUT2D eigenvalue weighted by molar-refractivity contribution is 5.95. The highest BCUT2D eigenvalue weighted by atomic mass is 16.5. The van der Waals surface area contributed by atoms with E-state index in [9.17, 15) is 14.4 Å². The average molecular weight is 464 g/mol. The number of carbonyl (C=O) groups is 3. The fourth-order valence-electron chi connectivity index (χ4n) is 3.80. The zero-order chi connectivity index (χ0) is 24.2. The average Bonchev–Trinajstić information content (AvgIpc) is 3.30. The van der Waals surface area contributed by atoms with Crippen molar-refractivity contribution in [3.63, 3.8) is 0 Å². The number of hydrogen-bond donors (Lipinski definition) is 2. The molecule has 0 radical (unpaired) electrons. The van der Waals surface area contributed by atoms with Gasteiger partial charge >= 0.3 is 18.0 Å². The minimum Gasteiger partial charge on any atom is -0.463 e. The number of fused-ring (bicyclic) bond motifs is 1. The van der Waals surface area contributed by atoms with Crippen molar-refractivity contribution in [2.75, 3.05) is 13.2 Å². The zero-order valence-electron chi connectivity index (χ0n) is 18.9. The number of esters is 2. The maximum absolute atomic E-state index is 13.0. The van der Waals surface area contributed by atoms with Gasteiger partial charge in [-0.1, -0.05) is 44.2 Å². The first-order chi connectivity index (χ1) is 16.4. The Hall–Kier alpha value is -4.28. The highest BCUT2D eigenvalue weighted by Gasteiger charge is 2.34. The molecule has 1 aliphatic heterocycles. The highest BCUT2D eigenvalue weighted by Crippen LogP contribution is 2.28. The minimum absolute atomic E-state index is 0.0786. The van der Waals surface area contributed by atoms with E-state index in [-0.39, 0.29) is 36.0 Å². The van der Waals surface area contributed by atoms with E-state index in [4.69, 9.17) is 9.47 Å². The Kier molecular flexibility index (Phi) is 6.53. The van der Waals surface area contributed by atoms with Crippen molar-refractivity contribution in [1.82, 2.24) is 30.2 Å². The summed E-state index contributed by atoms with van der Waals surface area (Å²) in [4.78, 5) is 46.4. The maximum Gasteiger partial charge on any atom is 0.341 e. The van der Waals surface area contributed by atoms with Crippen molar-refractivity contribution >= 4 is 23.7 Å². The first kappa shape index (κ1) is 22.9. The van der Waals surface area contributed by atoms with Crippen molar-refractivity contribution in [2.45, 2.75) is 32.7 Å². The van der Waals surface area contributed by atoms with Gasteiger partial charge in [0.05, 0.1) is 35.2 Å². The summed E-state index contributed by atoms with van der Waals surface area (Å²) in [7, 11) is 0. The summed E-state index contributed by atoms with van der Waals surface area (Å²) < 4.78 is 12.2. The van der Waals surface area contributed by atoms with Crippen LogP contribution in [-0.4, -0.2) is 50.8 Å². The van der Waals surface area contributed by atoms with Crippen molar-refractivity contribution in [1.29, 1.82) is 0 Å². The molecule has 0 aliphatic carbocycles. The van der Waals surface area contributed by atoms with E-state index in [0.29, 0.717) is 17.0 Å². The Bertz CT molecular complexity index is 1270. The van der Waals surface area contributed by atoms with Crippen molar-refractivity contribution in [3.05, 3.63) is 70.9 Å². The van der Waals surface area contributed by atoms with Crippen LogP contribution in [0.25, 0.3) is 5.78 Å². The number of nitrogens with zero attached hydrogens (tertiary/aromatic N) is 4. The van der Waals surface area contributed by atoms with E-state index in [1.54, 1.807) is 31.2 Å². The zero-order valence-corrected chi connectivity index (χ0v) is 18.9. The van der Waals surface area contributed by atoms with E-state index in [1.165, 1.54) is 17.0 Å². The molecule has 2 aromatic heterocycles. The molecule has 0 bridgehead atoms. The van der Waals surface area contributed by atoms with Crippen LogP contribution in [0.15, 0.2) is 54.1 Å². The van der Waals surface area contributed by atoms with E-state index >= 15 is 0 Å². The minimum atomic E-state index is -0.762. The molecule has 1 unspecified atom stereocenters. The number of nitrogens with one attached hydrogen (secondary N) is 2. The van der Waals surface area contributed by atoms with Gasteiger partial charge in [0.1, 0.15) is 12.9 Å². The van der Waals surface area contributed by atoms with Gasteiger partial charge in [0, 0.05) is 6.20 Å². The Balaban J connectivity index is 1.67. The van der Waals surface area contributed by atoms with Crippen molar-refractivity contribution in [3.8, 4) is 0 Å². The number of urea groups is 1. The molecular formula is C23H24N6O5. The number of aromatic nitrogens is 4. The van der Waals surface area contributed by atoms with Crippen LogP contribution in [0.1, 0.15) is 54.3 Å². The molecule has 34 heavy (non-hydrogen) atoms. The molecule has 176 valence electrons. The first-order valence-corrected chi connectivity index (χ1v) is 10.8. The van der Waals surface area contributed by atoms with Gasteiger partial charge in [-0.3, -0.25) is 0 Å². The van der Waals surface area contributed by atoms with Crippen LogP contribution in [0.5, 0.6) is 0 Å². The van der Waals surface area contributed by atoms with E-state index in [2.05, 4.69) is 25.7 Å². The number of rotatable bonds is 7. The predicted molar refractivity (Wildman–Crippen MR) is 120 cm³/mol. The molecule has 2 N–H and O–H groups in total. The van der Waals surface area contributed by atoms with Crippen LogP contribution in [0.3, 0.4) is 0 Å². The molecule has 1 aliphatic rings. The van der Waals surface area contributed by atoms with Crippen LogP contribution in [0.2, 0.25) is 0 Å². The monoisotopic (exact) mass is 464 g/mol. The Morgan fingerprint density at radius 1 is 1.12 bits per heavy atom. The molecule has 1 aromatic carbocycles. The second kappa shape index (κ2) is 9.69. The van der Waals surface area contributed by atoms with Crippen LogP contribution in [0, 0.1) is 0 Å². The van der Waals surface area contributed by atoms with Crippen LogP contribution < -0.4 is 10.6 Å². The van der Waals surface area contributed by atoms with Gasteiger partial charge in [-0.2, -0.15) is 10.1 Å². The Morgan fingerprint density at radius 2 is 1.88 bits per heavy atom. The van der Waals surface area contributed by atoms with Crippen LogP contribution >= 0.6 is 0 Å². The summed E-state index contributed by atoms with van der Waals surface area (Å²) in [6.45, 7) is 5.30. The third-order valence-corrected chi connectivity index (χ3v) is 5.24. The van der Waals surface area contributed by atoms with Gasteiger partial charge < -0.3 is 20.1 Å². The SMILES string of the molecule is CCOC(=O)C1=C(COC(=O)c2cnc3ncnn3c2C(C)C)NC(=O)NC1c1ccccc1. The fraction of sp³-hybridized carbons (Fsp3) is 0.304. The quantitative estimate of drug-likeness (QED) is 0.508. The Morgan fingerprint density at radius 3 is 2.59 bits per heavy atom. The summed E-state index contributed by atoms with van der Waals surface area (Å²) >= 11 is 0. The standard InChI is InChI=1S/C23H24N6O5/c1-4-33-21(31)17-16(27-23(32)28-18(17)14-8-6-5-7-9-14)11-34-20(30)15-10-24-22-25-12-26-29(22)19(15)13(2)3/h5-10,12-13,18H,4,11H2,1-3H3,(H2,27,28,32). The third-order valence-electron chi connectivity index (χ3n) is 5.24. The van der Waals surface area contributed by atoms with Crippen molar-refractivity contribution < 1.29 is 23.9 Å². The number of hydrogen-bond acceptors (Lipinski definition) is 8. The topological polar surface area (TPSA) is 137 Å². The molecule has 4 rings (SSSR count). The molecule has 3 heterocycles. The summed E-state index contributed by atoms with van der Waals surface area (Å²) in [6.07, 6.45) is 2.74. The molecule has 0 fully saturated rings. The number of benzene rings is 1. The molecule has 3 aromatic rings. The second-order valence-electron chi connectivity index (χ2n) is 7.81. The second-order valence-corrected chi connectivity index (χ2v) is 7.81. The van der Waals surface area contributed by atoms with Crippen LogP contribution in [0.4, 0.5) is 4.79 Å². The molecule has 0 saturated heterocycles. The lowest BCUT2D eigenvalue weighted by Crippen LogP contribution is -2.47. The van der Waals surface area contributed by atoms with Gasteiger partial charge in [0.2, 0.25) is 0 Å². The number of carbonyl (C=O) groups excluding carboxylic acids is 3. The third kappa shape index (κ3) is 4.45. The van der Waals surface area contributed by atoms with Crippen LogP contribution in [-0.2, 0) is 14.3 Å². The maximum atomic E-state index is 13.0. The molecular weight excluding hydrogens is 440 g/mol. The van der Waals surface area contributed by atoms with E-state index < -0.39 is 24.0 Å². The van der Waals surface area contributed by atoms with Gasteiger partial charge in [0.15, 0.2) is 0 Å². The molecule has 11 heteroatoms. The van der Waals surface area contributed by atoms with Gasteiger partial charge in [-0.25, -0.2) is 23.9 Å². The lowest BCUT2D eigenvalue weighted by molar-refractivity contribution is -0.139. The molecule has 2 amide bonds. The van der Waals surface area contributed by atoms with E-state index in [0.717, 1.165) is 0 Å². The lowest BCUT2D eigenvalue weighted by atomic mass is 9.95. The number of ether oxygens (including phenoxy) is 2. The lowest BCUT2D eigenvalue weighted by Gasteiger charge is -2.29. The molecule has 0 spiro atoms. The Labute approximate surface area is 195 Å². The van der Waals surface area contributed by atoms with E-state index in [1.807, 2.05) is 19.9 Å². The summed E-state index contributed by atoms with van der Waals surface area (Å²) in [5, 5.41) is 9.46. The first-order valence-electron chi connectivity index (χ1n) is 10.8. The normalized spacial score (nSPS) is 15.8. The largest absolute Gasteiger partial charge is 0.463 e. The summed E-state index contributed by atoms with van der Waals surface area (Å²) in [5.74, 6) is -1.01. The molecule has 0 saturated carbocycles. The fourth-order valence-corrected chi connectivity index (χ4v) is 3.80. The number of amides is 2. The van der Waals surface area contributed by atoms with Gasteiger partial charge in [-0.05, 0) is 18.4 Å².